The van der Waals surface area contributed by atoms with Crippen molar-refractivity contribution < 1.29 is 9.15 Å². The predicted octanol–water partition coefficient (Wildman–Crippen LogP) is 4.27. The number of fused-ring (bicyclic) bond motifs is 1. The molecule has 0 aliphatic carbocycles. The highest BCUT2D eigenvalue weighted by Crippen LogP contribution is 2.29. The van der Waals surface area contributed by atoms with Gasteiger partial charge in [0, 0.05) is 10.0 Å². The van der Waals surface area contributed by atoms with Crippen LogP contribution in [0.2, 0.25) is 0 Å². The molecule has 4 heteroatoms. The summed E-state index contributed by atoms with van der Waals surface area (Å²) in [5, 5.41) is 0. The molecule has 0 fully saturated rings. The first-order chi connectivity index (χ1) is 8.78. The summed E-state index contributed by atoms with van der Waals surface area (Å²) in [4.78, 5) is 4.48. The molecule has 1 heterocycles. The van der Waals surface area contributed by atoms with Crippen LogP contribution in [0.4, 0.5) is 0 Å². The van der Waals surface area contributed by atoms with Crippen LogP contribution in [0.25, 0.3) is 22.6 Å². The molecule has 18 heavy (non-hydrogen) atoms. The standard InChI is InChI=1S/C14H10BrNO2/c1-17-10-7-5-9(6-8-10)14-16-13-11(15)3-2-4-12(13)18-14/h2-8H,1H3. The number of benzene rings is 2. The summed E-state index contributed by atoms with van der Waals surface area (Å²) in [5.74, 6) is 1.43. The fourth-order valence-electron chi connectivity index (χ4n) is 1.77. The lowest BCUT2D eigenvalue weighted by molar-refractivity contribution is 0.415. The molecule has 2 aromatic carbocycles. The highest BCUT2D eigenvalue weighted by atomic mass is 79.9. The monoisotopic (exact) mass is 303 g/mol. The molecule has 0 unspecified atom stereocenters. The molecular weight excluding hydrogens is 294 g/mol. The normalized spacial score (nSPS) is 10.8. The Morgan fingerprint density at radius 3 is 2.56 bits per heavy atom. The molecule has 3 aromatic rings. The second-order valence-corrected chi connectivity index (χ2v) is 4.69. The van der Waals surface area contributed by atoms with Crippen LogP contribution in [0, 0.1) is 0 Å². The van der Waals surface area contributed by atoms with Gasteiger partial charge in [0.25, 0.3) is 0 Å². The van der Waals surface area contributed by atoms with Gasteiger partial charge in [-0.15, -0.1) is 0 Å². The van der Waals surface area contributed by atoms with Crippen LogP contribution in [0.15, 0.2) is 51.4 Å². The van der Waals surface area contributed by atoms with Gasteiger partial charge >= 0.3 is 0 Å². The average Bonchev–Trinajstić information content (AvgIpc) is 2.84. The van der Waals surface area contributed by atoms with Crippen LogP contribution in [0.1, 0.15) is 0 Å². The SMILES string of the molecule is COc1ccc(-c2nc3c(Br)cccc3o2)cc1. The maximum Gasteiger partial charge on any atom is 0.227 e. The Labute approximate surface area is 113 Å². The minimum atomic E-state index is 0.611. The van der Waals surface area contributed by atoms with Crippen LogP contribution in [0.5, 0.6) is 5.75 Å². The minimum Gasteiger partial charge on any atom is -0.497 e. The first kappa shape index (κ1) is 11.3. The van der Waals surface area contributed by atoms with Gasteiger partial charge in [-0.25, -0.2) is 4.98 Å². The van der Waals surface area contributed by atoms with E-state index in [4.69, 9.17) is 9.15 Å². The summed E-state index contributed by atoms with van der Waals surface area (Å²) in [6.45, 7) is 0. The molecule has 90 valence electrons. The number of aromatic nitrogens is 1. The lowest BCUT2D eigenvalue weighted by Gasteiger charge is -1.99. The van der Waals surface area contributed by atoms with E-state index in [2.05, 4.69) is 20.9 Å². The van der Waals surface area contributed by atoms with Gasteiger partial charge in [-0.1, -0.05) is 6.07 Å². The molecule has 0 saturated carbocycles. The fraction of sp³-hybridized carbons (Fsp3) is 0.0714. The molecule has 0 spiro atoms. The molecule has 3 nitrogen and oxygen atoms in total. The molecule has 0 aliphatic heterocycles. The third-order valence-corrected chi connectivity index (χ3v) is 3.35. The Balaban J connectivity index is 2.10. The predicted molar refractivity (Wildman–Crippen MR) is 73.7 cm³/mol. The molecule has 0 bridgehead atoms. The summed E-state index contributed by atoms with van der Waals surface area (Å²) in [7, 11) is 1.64. The van der Waals surface area contributed by atoms with Gasteiger partial charge in [-0.05, 0) is 52.3 Å². The van der Waals surface area contributed by atoms with Crippen molar-refractivity contribution >= 4 is 27.0 Å². The maximum atomic E-state index is 5.73. The second-order valence-electron chi connectivity index (χ2n) is 3.83. The van der Waals surface area contributed by atoms with E-state index in [1.807, 2.05) is 42.5 Å². The number of hydrogen-bond donors (Lipinski definition) is 0. The quantitative estimate of drug-likeness (QED) is 0.709. The minimum absolute atomic E-state index is 0.611. The Morgan fingerprint density at radius 1 is 1.11 bits per heavy atom. The van der Waals surface area contributed by atoms with Crippen LogP contribution in [-0.4, -0.2) is 12.1 Å². The molecule has 0 aliphatic rings. The number of nitrogens with zero attached hydrogens (tertiary/aromatic N) is 1. The molecule has 0 radical (unpaired) electrons. The van der Waals surface area contributed by atoms with E-state index in [1.165, 1.54) is 0 Å². The second kappa shape index (κ2) is 4.46. The Morgan fingerprint density at radius 2 is 1.89 bits per heavy atom. The molecule has 3 rings (SSSR count). The highest BCUT2D eigenvalue weighted by molar-refractivity contribution is 9.10. The maximum absolute atomic E-state index is 5.73. The number of halogens is 1. The van der Waals surface area contributed by atoms with E-state index >= 15 is 0 Å². The highest BCUT2D eigenvalue weighted by Gasteiger charge is 2.10. The van der Waals surface area contributed by atoms with E-state index in [9.17, 15) is 0 Å². The number of rotatable bonds is 2. The molecular formula is C14H10BrNO2. The van der Waals surface area contributed by atoms with Gasteiger partial charge in [0.2, 0.25) is 5.89 Å². The molecule has 0 N–H and O–H groups in total. The van der Waals surface area contributed by atoms with Crippen molar-refractivity contribution in [1.82, 2.24) is 4.98 Å². The van der Waals surface area contributed by atoms with Crippen LogP contribution in [-0.2, 0) is 0 Å². The van der Waals surface area contributed by atoms with Crippen molar-refractivity contribution in [2.75, 3.05) is 7.11 Å². The van der Waals surface area contributed by atoms with Gasteiger partial charge in [-0.2, -0.15) is 0 Å². The number of methoxy groups -OCH3 is 1. The largest absolute Gasteiger partial charge is 0.497 e. The third kappa shape index (κ3) is 1.88. The zero-order chi connectivity index (χ0) is 12.5. The van der Waals surface area contributed by atoms with Crippen molar-refractivity contribution in [2.24, 2.45) is 0 Å². The van der Waals surface area contributed by atoms with Gasteiger partial charge in [0.1, 0.15) is 11.3 Å². The van der Waals surface area contributed by atoms with E-state index in [-0.39, 0.29) is 0 Å². The van der Waals surface area contributed by atoms with Gasteiger partial charge in [-0.3, -0.25) is 0 Å². The number of hydrogen-bond acceptors (Lipinski definition) is 3. The summed E-state index contributed by atoms with van der Waals surface area (Å²) < 4.78 is 11.8. The van der Waals surface area contributed by atoms with Gasteiger partial charge < -0.3 is 9.15 Å². The topological polar surface area (TPSA) is 35.3 Å². The average molecular weight is 304 g/mol. The zero-order valence-electron chi connectivity index (χ0n) is 9.68. The Bertz CT molecular complexity index is 689. The van der Waals surface area contributed by atoms with E-state index in [1.54, 1.807) is 7.11 Å². The van der Waals surface area contributed by atoms with E-state index in [0.29, 0.717) is 5.89 Å². The van der Waals surface area contributed by atoms with Crippen molar-refractivity contribution in [3.8, 4) is 17.2 Å². The molecule has 0 amide bonds. The van der Waals surface area contributed by atoms with Crippen molar-refractivity contribution in [1.29, 1.82) is 0 Å². The summed E-state index contributed by atoms with van der Waals surface area (Å²) in [6, 6.07) is 13.4. The van der Waals surface area contributed by atoms with Gasteiger partial charge in [0.15, 0.2) is 5.58 Å². The summed E-state index contributed by atoms with van der Waals surface area (Å²) in [5.41, 5.74) is 2.54. The molecule has 0 saturated heterocycles. The number of oxazole rings is 1. The Hall–Kier alpha value is -1.81. The van der Waals surface area contributed by atoms with Crippen molar-refractivity contribution in [3.63, 3.8) is 0 Å². The van der Waals surface area contributed by atoms with Gasteiger partial charge in [0.05, 0.1) is 7.11 Å². The molecule has 0 atom stereocenters. The first-order valence-electron chi connectivity index (χ1n) is 5.47. The van der Waals surface area contributed by atoms with Crippen molar-refractivity contribution in [2.45, 2.75) is 0 Å². The first-order valence-corrected chi connectivity index (χ1v) is 6.27. The number of ether oxygens (including phenoxy) is 1. The zero-order valence-corrected chi connectivity index (χ0v) is 11.3. The lowest BCUT2D eigenvalue weighted by Crippen LogP contribution is -1.82. The summed E-state index contributed by atoms with van der Waals surface area (Å²) >= 11 is 3.46. The van der Waals surface area contributed by atoms with Crippen LogP contribution >= 0.6 is 15.9 Å². The van der Waals surface area contributed by atoms with Crippen molar-refractivity contribution in [3.05, 3.63) is 46.9 Å². The smallest absolute Gasteiger partial charge is 0.227 e. The fourth-order valence-corrected chi connectivity index (χ4v) is 2.21. The van der Waals surface area contributed by atoms with E-state index in [0.717, 1.165) is 26.9 Å². The third-order valence-electron chi connectivity index (χ3n) is 2.71. The van der Waals surface area contributed by atoms with Crippen LogP contribution in [0.3, 0.4) is 0 Å². The van der Waals surface area contributed by atoms with Crippen LogP contribution < -0.4 is 4.74 Å². The number of para-hydroxylation sites is 1. The van der Waals surface area contributed by atoms with E-state index < -0.39 is 0 Å². The Kier molecular flexibility index (Phi) is 2.80. The summed E-state index contributed by atoms with van der Waals surface area (Å²) in [6.07, 6.45) is 0. The lowest BCUT2D eigenvalue weighted by atomic mass is 10.2. The molecule has 1 aromatic heterocycles.